The number of aromatic nitrogens is 5. The minimum atomic E-state index is -0.0717. The van der Waals surface area contributed by atoms with Crippen molar-refractivity contribution < 1.29 is 4.79 Å². The molecular weight excluding hydrogens is 412 g/mol. The van der Waals surface area contributed by atoms with E-state index in [0.717, 1.165) is 40.5 Å². The largest absolute Gasteiger partial charge is 0.350 e. The maximum Gasteiger partial charge on any atom is 0.251 e. The van der Waals surface area contributed by atoms with Crippen molar-refractivity contribution in [2.24, 2.45) is 0 Å². The summed E-state index contributed by atoms with van der Waals surface area (Å²) in [5, 5.41) is 12.7. The van der Waals surface area contributed by atoms with Gasteiger partial charge in [0.15, 0.2) is 0 Å². The molecule has 6 rings (SSSR count). The molecular formula is C26H24N6O. The topological polar surface area (TPSA) is 88.5 Å². The Bertz CT molecular complexity index is 1450. The summed E-state index contributed by atoms with van der Waals surface area (Å²) in [7, 11) is 0. The highest BCUT2D eigenvalue weighted by Gasteiger charge is 2.21. The molecule has 1 aliphatic rings. The predicted molar refractivity (Wildman–Crippen MR) is 128 cm³/mol. The molecule has 0 saturated carbocycles. The molecule has 5 aromatic rings. The maximum atomic E-state index is 12.6. The third-order valence-electron chi connectivity index (χ3n) is 6.53. The van der Waals surface area contributed by atoms with Crippen molar-refractivity contribution in [1.29, 1.82) is 0 Å². The Balaban J connectivity index is 1.31. The number of carbonyl (C=O) groups excluding carboxylic acids is 1. The van der Waals surface area contributed by atoms with Crippen LogP contribution in [0.15, 0.2) is 61.3 Å². The van der Waals surface area contributed by atoms with E-state index in [9.17, 15) is 4.79 Å². The summed E-state index contributed by atoms with van der Waals surface area (Å²) < 4.78 is 1.94. The van der Waals surface area contributed by atoms with Gasteiger partial charge in [0.25, 0.3) is 5.91 Å². The van der Waals surface area contributed by atoms with E-state index < -0.39 is 0 Å². The standard InChI is InChI=1S/C26H24N6O/c33-26(28-12-14-32-13-11-27-16-32)18-7-5-17(6-8-18)25-20-4-2-1-3-19(20)24-21-15-29-31-22(21)9-10-23(24)30-25/h5-11,13,15-16H,1-4,12,14H2,(H,28,33)(H,29,31). The van der Waals surface area contributed by atoms with Crippen LogP contribution in [0.1, 0.15) is 34.3 Å². The van der Waals surface area contributed by atoms with Crippen molar-refractivity contribution in [2.75, 3.05) is 6.54 Å². The van der Waals surface area contributed by atoms with Crippen LogP contribution in [0.2, 0.25) is 0 Å². The zero-order chi connectivity index (χ0) is 22.2. The molecule has 0 bridgehead atoms. The van der Waals surface area contributed by atoms with E-state index in [1.807, 2.05) is 47.3 Å². The van der Waals surface area contributed by atoms with Crippen LogP contribution in [0.25, 0.3) is 33.1 Å². The van der Waals surface area contributed by atoms with Crippen molar-refractivity contribution in [2.45, 2.75) is 32.2 Å². The van der Waals surface area contributed by atoms with Gasteiger partial charge in [0.2, 0.25) is 0 Å². The first-order valence-corrected chi connectivity index (χ1v) is 11.4. The molecule has 0 spiro atoms. The number of hydrogen-bond acceptors (Lipinski definition) is 4. The molecule has 3 heterocycles. The van der Waals surface area contributed by atoms with Crippen LogP contribution in [0.5, 0.6) is 0 Å². The number of aryl methyl sites for hydroxylation is 1. The van der Waals surface area contributed by atoms with Gasteiger partial charge in [-0.15, -0.1) is 0 Å². The molecule has 0 aliphatic heterocycles. The molecule has 0 fully saturated rings. The van der Waals surface area contributed by atoms with Gasteiger partial charge in [0.1, 0.15) is 0 Å². The molecule has 2 N–H and O–H groups in total. The van der Waals surface area contributed by atoms with Crippen molar-refractivity contribution in [3.63, 3.8) is 0 Å². The third kappa shape index (κ3) is 3.55. The van der Waals surface area contributed by atoms with Gasteiger partial charge in [-0.3, -0.25) is 9.89 Å². The normalized spacial score (nSPS) is 13.3. The van der Waals surface area contributed by atoms with Crippen LogP contribution < -0.4 is 5.32 Å². The smallest absolute Gasteiger partial charge is 0.251 e. The zero-order valence-corrected chi connectivity index (χ0v) is 18.2. The molecule has 1 aliphatic carbocycles. The first-order valence-electron chi connectivity index (χ1n) is 11.4. The van der Waals surface area contributed by atoms with E-state index in [-0.39, 0.29) is 5.91 Å². The number of fused-ring (bicyclic) bond motifs is 5. The van der Waals surface area contributed by atoms with E-state index in [2.05, 4.69) is 26.6 Å². The average Bonchev–Trinajstić information content (AvgIpc) is 3.55. The summed E-state index contributed by atoms with van der Waals surface area (Å²) in [6.07, 6.45) is 11.7. The lowest BCUT2D eigenvalue weighted by molar-refractivity contribution is 0.0952. The number of amides is 1. The number of benzene rings is 2. The Morgan fingerprint density at radius 3 is 2.73 bits per heavy atom. The number of hydrogen-bond donors (Lipinski definition) is 2. The molecule has 0 radical (unpaired) electrons. The summed E-state index contributed by atoms with van der Waals surface area (Å²) in [4.78, 5) is 21.7. The number of imidazole rings is 1. The summed E-state index contributed by atoms with van der Waals surface area (Å²) in [5.74, 6) is -0.0717. The summed E-state index contributed by atoms with van der Waals surface area (Å²) >= 11 is 0. The second kappa shape index (κ2) is 8.16. The number of carbonyl (C=O) groups is 1. The minimum absolute atomic E-state index is 0.0717. The van der Waals surface area contributed by atoms with E-state index in [0.29, 0.717) is 18.7 Å². The van der Waals surface area contributed by atoms with Crippen molar-refractivity contribution >= 4 is 27.7 Å². The minimum Gasteiger partial charge on any atom is -0.350 e. The Hall–Kier alpha value is -4.00. The average molecular weight is 437 g/mol. The van der Waals surface area contributed by atoms with Gasteiger partial charge in [-0.25, -0.2) is 9.97 Å². The van der Waals surface area contributed by atoms with Gasteiger partial charge in [-0.2, -0.15) is 5.10 Å². The molecule has 7 heteroatoms. The van der Waals surface area contributed by atoms with E-state index in [4.69, 9.17) is 4.98 Å². The van der Waals surface area contributed by atoms with Crippen LogP contribution in [0.4, 0.5) is 0 Å². The second-order valence-electron chi connectivity index (χ2n) is 8.55. The maximum absolute atomic E-state index is 12.6. The fraction of sp³-hybridized carbons (Fsp3) is 0.231. The first kappa shape index (κ1) is 19.7. The lowest BCUT2D eigenvalue weighted by Crippen LogP contribution is -2.26. The summed E-state index contributed by atoms with van der Waals surface area (Å²) in [5.41, 5.74) is 7.52. The summed E-state index contributed by atoms with van der Waals surface area (Å²) in [6, 6.07) is 11.9. The van der Waals surface area contributed by atoms with E-state index in [1.54, 1.807) is 12.5 Å². The van der Waals surface area contributed by atoms with Crippen molar-refractivity contribution in [3.05, 3.63) is 78.0 Å². The fourth-order valence-electron chi connectivity index (χ4n) is 4.88. The van der Waals surface area contributed by atoms with Gasteiger partial charge in [-0.1, -0.05) is 12.1 Å². The SMILES string of the molecule is O=C(NCCn1ccnc1)c1ccc(-c2nc3ccc4[nH]ncc4c3c3c2CCCC3)cc1. The molecule has 0 unspecified atom stereocenters. The van der Waals surface area contributed by atoms with Crippen LogP contribution in [0, 0.1) is 0 Å². The Kier molecular flexibility index (Phi) is 4.87. The fourth-order valence-corrected chi connectivity index (χ4v) is 4.88. The highest BCUT2D eigenvalue weighted by Crippen LogP contribution is 2.37. The molecule has 3 aromatic heterocycles. The van der Waals surface area contributed by atoms with Crippen LogP contribution in [-0.4, -0.2) is 37.2 Å². The lowest BCUT2D eigenvalue weighted by atomic mass is 9.85. The zero-order valence-electron chi connectivity index (χ0n) is 18.2. The predicted octanol–water partition coefficient (Wildman–Crippen LogP) is 4.28. The number of nitrogens with zero attached hydrogens (tertiary/aromatic N) is 4. The summed E-state index contributed by atoms with van der Waals surface area (Å²) in [6.45, 7) is 1.25. The highest BCUT2D eigenvalue weighted by atomic mass is 16.1. The quantitative estimate of drug-likeness (QED) is 0.430. The number of pyridine rings is 1. The Morgan fingerprint density at radius 1 is 1.06 bits per heavy atom. The lowest BCUT2D eigenvalue weighted by Gasteiger charge is -2.22. The van der Waals surface area contributed by atoms with E-state index in [1.165, 1.54) is 29.4 Å². The molecule has 2 aromatic carbocycles. The Labute approximate surface area is 190 Å². The van der Waals surface area contributed by atoms with Crippen LogP contribution in [0.3, 0.4) is 0 Å². The molecule has 0 saturated heterocycles. The van der Waals surface area contributed by atoms with Gasteiger partial charge < -0.3 is 9.88 Å². The van der Waals surface area contributed by atoms with Gasteiger partial charge in [0, 0.05) is 47.4 Å². The number of rotatable bonds is 5. The molecule has 164 valence electrons. The van der Waals surface area contributed by atoms with Gasteiger partial charge in [-0.05, 0) is 61.1 Å². The van der Waals surface area contributed by atoms with Crippen molar-refractivity contribution in [3.8, 4) is 11.3 Å². The first-order chi connectivity index (χ1) is 16.3. The monoisotopic (exact) mass is 436 g/mol. The van der Waals surface area contributed by atoms with Gasteiger partial charge >= 0.3 is 0 Å². The van der Waals surface area contributed by atoms with Crippen molar-refractivity contribution in [1.82, 2.24) is 30.0 Å². The highest BCUT2D eigenvalue weighted by molar-refractivity contribution is 6.07. The molecule has 1 amide bonds. The molecule has 33 heavy (non-hydrogen) atoms. The second-order valence-corrected chi connectivity index (χ2v) is 8.55. The van der Waals surface area contributed by atoms with Crippen LogP contribution in [-0.2, 0) is 19.4 Å². The van der Waals surface area contributed by atoms with E-state index >= 15 is 0 Å². The number of nitrogens with one attached hydrogen (secondary N) is 2. The third-order valence-corrected chi connectivity index (χ3v) is 6.53. The van der Waals surface area contributed by atoms with Gasteiger partial charge in [0.05, 0.1) is 29.3 Å². The molecule has 0 atom stereocenters. The molecule has 7 nitrogen and oxygen atoms in total. The number of H-pyrrole nitrogens is 1. The Morgan fingerprint density at radius 2 is 1.91 bits per heavy atom. The van der Waals surface area contributed by atoms with Crippen LogP contribution >= 0.6 is 0 Å². The number of aromatic amines is 1.